The summed E-state index contributed by atoms with van der Waals surface area (Å²) < 4.78 is 62.5. The summed E-state index contributed by atoms with van der Waals surface area (Å²) in [6.45, 7) is 1.24. The van der Waals surface area contributed by atoms with Crippen molar-refractivity contribution in [3.63, 3.8) is 0 Å². The number of carbonyl (C=O) groups excluding carboxylic acids is 2. The van der Waals surface area contributed by atoms with E-state index in [1.165, 1.54) is 19.1 Å². The molecule has 1 aliphatic rings. The molecule has 126 valence electrons. The zero-order valence-electron chi connectivity index (χ0n) is 11.8. The summed E-state index contributed by atoms with van der Waals surface area (Å²) in [5.74, 6) is -1.27. The molecule has 1 saturated heterocycles. The van der Waals surface area contributed by atoms with E-state index in [9.17, 15) is 31.2 Å². The molecule has 2 rings (SSSR count). The molecule has 0 saturated carbocycles. The Labute approximate surface area is 130 Å². The fourth-order valence-electron chi connectivity index (χ4n) is 2.31. The normalized spacial score (nSPS) is 19.0. The van der Waals surface area contributed by atoms with Gasteiger partial charge in [-0.1, -0.05) is 12.1 Å². The Kier molecular flexibility index (Phi) is 4.38. The maximum Gasteiger partial charge on any atom is 0.534 e. The van der Waals surface area contributed by atoms with Crippen molar-refractivity contribution >= 4 is 21.9 Å². The minimum absolute atomic E-state index is 0.185. The van der Waals surface area contributed by atoms with Crippen LogP contribution in [0.4, 0.5) is 13.2 Å². The van der Waals surface area contributed by atoms with Gasteiger partial charge < -0.3 is 4.18 Å². The fourth-order valence-corrected chi connectivity index (χ4v) is 2.77. The molecule has 0 bridgehead atoms. The van der Waals surface area contributed by atoms with Gasteiger partial charge in [0.1, 0.15) is 5.75 Å². The lowest BCUT2D eigenvalue weighted by Crippen LogP contribution is -2.32. The lowest BCUT2D eigenvalue weighted by atomic mass is 10.0. The van der Waals surface area contributed by atoms with Gasteiger partial charge in [0, 0.05) is 13.3 Å². The van der Waals surface area contributed by atoms with Crippen LogP contribution in [0.3, 0.4) is 0 Å². The molecule has 0 unspecified atom stereocenters. The molecule has 0 N–H and O–H groups in total. The molecular formula is C13H12F3NO5S. The van der Waals surface area contributed by atoms with Crippen LogP contribution in [-0.4, -0.2) is 30.6 Å². The van der Waals surface area contributed by atoms with Crippen LogP contribution in [-0.2, 0) is 19.7 Å². The molecule has 1 aromatic rings. The van der Waals surface area contributed by atoms with E-state index in [4.69, 9.17) is 0 Å². The van der Waals surface area contributed by atoms with E-state index in [1.807, 2.05) is 0 Å². The van der Waals surface area contributed by atoms with Crippen LogP contribution in [0, 0.1) is 0 Å². The van der Waals surface area contributed by atoms with Crippen molar-refractivity contribution in [3.05, 3.63) is 29.8 Å². The monoisotopic (exact) mass is 351 g/mol. The smallest absolute Gasteiger partial charge is 0.376 e. The van der Waals surface area contributed by atoms with Gasteiger partial charge >= 0.3 is 15.6 Å². The Morgan fingerprint density at radius 2 is 1.83 bits per heavy atom. The number of rotatable bonds is 3. The second kappa shape index (κ2) is 5.84. The maximum atomic E-state index is 12.2. The first kappa shape index (κ1) is 17.3. The topological polar surface area (TPSA) is 80.8 Å². The highest BCUT2D eigenvalue weighted by atomic mass is 32.2. The van der Waals surface area contributed by atoms with Crippen molar-refractivity contribution in [2.24, 2.45) is 0 Å². The summed E-state index contributed by atoms with van der Waals surface area (Å²) >= 11 is 0. The van der Waals surface area contributed by atoms with Gasteiger partial charge in [0.15, 0.2) is 0 Å². The van der Waals surface area contributed by atoms with Crippen molar-refractivity contribution in [1.82, 2.24) is 4.90 Å². The SMILES string of the molecule is CC(=O)N1C(=O)CC[C@@H]1c1ccc(OS(=O)(=O)C(F)(F)F)cc1. The van der Waals surface area contributed by atoms with Crippen LogP contribution < -0.4 is 4.18 Å². The van der Waals surface area contributed by atoms with Crippen LogP contribution in [0.25, 0.3) is 0 Å². The molecule has 10 heteroatoms. The van der Waals surface area contributed by atoms with Crippen LogP contribution in [0.1, 0.15) is 31.4 Å². The zero-order chi connectivity index (χ0) is 17.4. The Bertz CT molecular complexity index is 727. The van der Waals surface area contributed by atoms with Gasteiger partial charge in [-0.2, -0.15) is 21.6 Å². The summed E-state index contributed by atoms with van der Waals surface area (Å²) in [5.41, 5.74) is -5.02. The average molecular weight is 351 g/mol. The molecule has 1 atom stereocenters. The standard InChI is InChI=1S/C13H12F3NO5S/c1-8(18)17-11(6-7-12(17)19)9-2-4-10(5-3-9)22-23(20,21)13(14,15)16/h2-5,11H,6-7H2,1H3/t11-/m1/s1. The second-order valence-electron chi connectivity index (χ2n) is 4.89. The number of likely N-dealkylation sites (tertiary alicyclic amines) is 1. The zero-order valence-corrected chi connectivity index (χ0v) is 12.6. The number of alkyl halides is 3. The summed E-state index contributed by atoms with van der Waals surface area (Å²) in [6, 6.07) is 4.20. The predicted molar refractivity (Wildman–Crippen MR) is 71.5 cm³/mol. The van der Waals surface area contributed by atoms with E-state index >= 15 is 0 Å². The molecule has 6 nitrogen and oxygen atoms in total. The largest absolute Gasteiger partial charge is 0.534 e. The van der Waals surface area contributed by atoms with Crippen molar-refractivity contribution in [3.8, 4) is 5.75 Å². The molecule has 0 aliphatic carbocycles. The number of halogens is 3. The van der Waals surface area contributed by atoms with Crippen molar-refractivity contribution < 1.29 is 35.4 Å². The molecular weight excluding hydrogens is 339 g/mol. The molecule has 0 aromatic heterocycles. The van der Waals surface area contributed by atoms with Crippen LogP contribution in [0.2, 0.25) is 0 Å². The number of nitrogens with zero attached hydrogens (tertiary/aromatic N) is 1. The molecule has 1 aliphatic heterocycles. The quantitative estimate of drug-likeness (QED) is 0.616. The van der Waals surface area contributed by atoms with Crippen LogP contribution in [0.15, 0.2) is 24.3 Å². The van der Waals surface area contributed by atoms with Gasteiger partial charge in [-0.15, -0.1) is 0 Å². The minimum atomic E-state index is -5.73. The van der Waals surface area contributed by atoms with Gasteiger partial charge in [-0.3, -0.25) is 14.5 Å². The van der Waals surface area contributed by atoms with E-state index in [2.05, 4.69) is 4.18 Å². The van der Waals surface area contributed by atoms with Gasteiger partial charge in [-0.25, -0.2) is 0 Å². The Morgan fingerprint density at radius 3 is 2.30 bits per heavy atom. The third kappa shape index (κ3) is 3.46. The predicted octanol–water partition coefficient (Wildman–Crippen LogP) is 2.12. The van der Waals surface area contributed by atoms with E-state index in [0.717, 1.165) is 17.0 Å². The Balaban J connectivity index is 2.21. The summed E-state index contributed by atoms with van der Waals surface area (Å²) in [6.07, 6.45) is 0.574. The molecule has 0 spiro atoms. The minimum Gasteiger partial charge on any atom is -0.376 e. The first-order valence-electron chi connectivity index (χ1n) is 6.46. The molecule has 2 amide bonds. The summed E-state index contributed by atoms with van der Waals surface area (Å²) in [5, 5.41) is 0. The first-order chi connectivity index (χ1) is 10.5. The number of benzene rings is 1. The molecule has 1 aromatic carbocycles. The molecule has 23 heavy (non-hydrogen) atoms. The van der Waals surface area contributed by atoms with Crippen LogP contribution in [0.5, 0.6) is 5.75 Å². The van der Waals surface area contributed by atoms with Gasteiger partial charge in [0.2, 0.25) is 11.8 Å². The highest BCUT2D eigenvalue weighted by molar-refractivity contribution is 7.88. The Hall–Kier alpha value is -2.10. The van der Waals surface area contributed by atoms with Gasteiger partial charge in [0.25, 0.3) is 0 Å². The number of carbonyl (C=O) groups is 2. The number of hydrogen-bond donors (Lipinski definition) is 0. The number of imide groups is 1. The maximum absolute atomic E-state index is 12.2. The number of amides is 2. The second-order valence-corrected chi connectivity index (χ2v) is 6.43. The van der Waals surface area contributed by atoms with Gasteiger partial charge in [-0.05, 0) is 24.1 Å². The van der Waals surface area contributed by atoms with E-state index in [1.54, 1.807) is 0 Å². The summed E-state index contributed by atoms with van der Waals surface area (Å²) in [4.78, 5) is 24.2. The summed E-state index contributed by atoms with van der Waals surface area (Å²) in [7, 11) is -5.73. The third-order valence-corrected chi connectivity index (χ3v) is 4.28. The van der Waals surface area contributed by atoms with Crippen LogP contribution >= 0.6 is 0 Å². The van der Waals surface area contributed by atoms with Crippen molar-refractivity contribution in [2.75, 3.05) is 0 Å². The molecule has 0 radical (unpaired) electrons. The molecule has 1 heterocycles. The van der Waals surface area contributed by atoms with Gasteiger partial charge in [0.05, 0.1) is 6.04 Å². The lowest BCUT2D eigenvalue weighted by molar-refractivity contribution is -0.142. The highest BCUT2D eigenvalue weighted by Crippen LogP contribution is 2.34. The van der Waals surface area contributed by atoms with Crippen molar-refractivity contribution in [2.45, 2.75) is 31.3 Å². The van der Waals surface area contributed by atoms with E-state index in [0.29, 0.717) is 12.0 Å². The lowest BCUT2D eigenvalue weighted by Gasteiger charge is -2.22. The number of hydrogen-bond acceptors (Lipinski definition) is 5. The van der Waals surface area contributed by atoms with E-state index in [-0.39, 0.29) is 12.3 Å². The highest BCUT2D eigenvalue weighted by Gasteiger charge is 2.48. The Morgan fingerprint density at radius 1 is 1.26 bits per heavy atom. The molecule has 1 fully saturated rings. The fraction of sp³-hybridized carbons (Fsp3) is 0.385. The van der Waals surface area contributed by atoms with Crippen molar-refractivity contribution in [1.29, 1.82) is 0 Å². The first-order valence-corrected chi connectivity index (χ1v) is 7.87. The third-order valence-electron chi connectivity index (χ3n) is 3.31. The van der Waals surface area contributed by atoms with E-state index < -0.39 is 33.3 Å². The average Bonchev–Trinajstić information content (AvgIpc) is 2.80.